The fraction of sp³-hybridized carbons (Fsp3) is 0.462. The van der Waals surface area contributed by atoms with Gasteiger partial charge in [-0.1, -0.05) is 24.3 Å². The maximum absolute atomic E-state index is 11.9. The van der Waals surface area contributed by atoms with Crippen LogP contribution in [0, 0.1) is 6.92 Å². The van der Waals surface area contributed by atoms with Crippen LogP contribution in [0.25, 0.3) is 0 Å². The monoisotopic (exact) mass is 273 g/mol. The van der Waals surface area contributed by atoms with Crippen LogP contribution in [-0.2, 0) is 11.2 Å². The summed E-state index contributed by atoms with van der Waals surface area (Å²) >= 11 is 11.6. The molecule has 0 spiro atoms. The van der Waals surface area contributed by atoms with Crippen molar-refractivity contribution in [3.8, 4) is 0 Å². The first-order valence-electron chi connectivity index (χ1n) is 5.48. The lowest BCUT2D eigenvalue weighted by Crippen LogP contribution is -2.49. The number of rotatable bonds is 5. The Morgan fingerprint density at radius 2 is 1.88 bits per heavy atom. The number of hydrogen-bond acceptors (Lipinski definition) is 1. The van der Waals surface area contributed by atoms with Crippen molar-refractivity contribution in [3.63, 3.8) is 0 Å². The van der Waals surface area contributed by atoms with E-state index in [0.29, 0.717) is 18.2 Å². The zero-order valence-corrected chi connectivity index (χ0v) is 11.6. The van der Waals surface area contributed by atoms with Gasteiger partial charge in [-0.2, -0.15) is 0 Å². The summed E-state index contributed by atoms with van der Waals surface area (Å²) in [4.78, 5) is 11.9. The third-order valence-corrected chi connectivity index (χ3v) is 3.82. The van der Waals surface area contributed by atoms with Gasteiger partial charge < -0.3 is 5.32 Å². The summed E-state index contributed by atoms with van der Waals surface area (Å²) in [6.45, 7) is 3.83. The minimum Gasteiger partial charge on any atom is -0.348 e. The van der Waals surface area contributed by atoms with Crippen LogP contribution >= 0.6 is 23.2 Å². The average Bonchev–Trinajstić information content (AvgIpc) is 2.32. The zero-order chi connectivity index (χ0) is 12.9. The highest BCUT2D eigenvalue weighted by Crippen LogP contribution is 2.11. The molecule has 17 heavy (non-hydrogen) atoms. The lowest BCUT2D eigenvalue weighted by atomic mass is 10.0. The zero-order valence-electron chi connectivity index (χ0n) is 10.1. The molecule has 0 radical (unpaired) electrons. The van der Waals surface area contributed by atoms with Gasteiger partial charge in [0.2, 0.25) is 5.91 Å². The van der Waals surface area contributed by atoms with Gasteiger partial charge in [-0.15, -0.1) is 23.2 Å². The largest absolute Gasteiger partial charge is 0.348 e. The molecule has 1 rings (SSSR count). The average molecular weight is 274 g/mol. The van der Waals surface area contributed by atoms with Gasteiger partial charge in [0.1, 0.15) is 0 Å². The molecule has 2 nitrogen and oxygen atoms in total. The first-order chi connectivity index (χ1) is 8.00. The summed E-state index contributed by atoms with van der Waals surface area (Å²) in [5, 5.41) is 2.87. The Labute approximate surface area is 112 Å². The summed E-state index contributed by atoms with van der Waals surface area (Å²) < 4.78 is 0. The van der Waals surface area contributed by atoms with Crippen LogP contribution in [0.3, 0.4) is 0 Å². The van der Waals surface area contributed by atoms with Crippen molar-refractivity contribution in [1.82, 2.24) is 5.32 Å². The van der Waals surface area contributed by atoms with Gasteiger partial charge in [-0.25, -0.2) is 0 Å². The molecule has 94 valence electrons. The van der Waals surface area contributed by atoms with Crippen molar-refractivity contribution >= 4 is 29.1 Å². The first kappa shape index (κ1) is 14.3. The number of benzene rings is 1. The Morgan fingerprint density at radius 1 is 1.29 bits per heavy atom. The van der Waals surface area contributed by atoms with Crippen molar-refractivity contribution in [2.75, 3.05) is 11.8 Å². The number of halogens is 2. The Hall–Kier alpha value is -0.730. The molecule has 0 atom stereocenters. The third kappa shape index (κ3) is 4.21. The highest BCUT2D eigenvalue weighted by atomic mass is 35.5. The van der Waals surface area contributed by atoms with Crippen molar-refractivity contribution < 1.29 is 4.79 Å². The lowest BCUT2D eigenvalue weighted by Gasteiger charge is -2.26. The molecule has 4 heteroatoms. The maximum atomic E-state index is 11.9. The van der Waals surface area contributed by atoms with E-state index in [2.05, 4.69) is 5.32 Å². The number of nitrogens with one attached hydrogen (secondary N) is 1. The topological polar surface area (TPSA) is 29.1 Å². The fourth-order valence-electron chi connectivity index (χ4n) is 1.46. The third-order valence-electron chi connectivity index (χ3n) is 2.64. The van der Waals surface area contributed by atoms with E-state index in [-0.39, 0.29) is 5.91 Å². The molecule has 0 aliphatic carbocycles. The van der Waals surface area contributed by atoms with Gasteiger partial charge in [-0.3, -0.25) is 4.79 Å². The predicted molar refractivity (Wildman–Crippen MR) is 72.9 cm³/mol. The van der Waals surface area contributed by atoms with Crippen LogP contribution in [0.1, 0.15) is 18.1 Å². The number of aryl methyl sites for hydroxylation is 1. The molecule has 0 aliphatic rings. The van der Waals surface area contributed by atoms with Crippen LogP contribution in [0.4, 0.5) is 0 Å². The van der Waals surface area contributed by atoms with Crippen LogP contribution in [0.2, 0.25) is 0 Å². The quantitative estimate of drug-likeness (QED) is 0.822. The minimum absolute atomic E-state index is 0.0527. The number of hydrogen-bond donors (Lipinski definition) is 1. The van der Waals surface area contributed by atoms with Crippen LogP contribution in [0.15, 0.2) is 24.3 Å². The Balaban J connectivity index is 2.65. The van der Waals surface area contributed by atoms with Gasteiger partial charge in [-0.05, 0) is 25.0 Å². The molecule has 1 aromatic rings. The Morgan fingerprint density at radius 3 is 2.41 bits per heavy atom. The van der Waals surface area contributed by atoms with Crippen molar-refractivity contribution in [2.45, 2.75) is 25.8 Å². The molecule has 0 heterocycles. The molecular formula is C13H17Cl2NO. The van der Waals surface area contributed by atoms with Crippen LogP contribution in [0.5, 0.6) is 0 Å². The second kappa shape index (κ2) is 6.27. The molecule has 0 saturated heterocycles. The summed E-state index contributed by atoms with van der Waals surface area (Å²) in [7, 11) is 0. The Bertz CT molecular complexity index is 389. The van der Waals surface area contributed by atoms with Gasteiger partial charge >= 0.3 is 0 Å². The maximum Gasteiger partial charge on any atom is 0.224 e. The second-order valence-corrected chi connectivity index (χ2v) is 5.01. The predicted octanol–water partition coefficient (Wildman–Crippen LogP) is 2.89. The van der Waals surface area contributed by atoms with Crippen molar-refractivity contribution in [2.24, 2.45) is 0 Å². The van der Waals surface area contributed by atoms with E-state index >= 15 is 0 Å². The summed E-state index contributed by atoms with van der Waals surface area (Å²) in [6.07, 6.45) is 0.357. The van der Waals surface area contributed by atoms with E-state index < -0.39 is 5.54 Å². The number of amides is 1. The lowest BCUT2D eigenvalue weighted by molar-refractivity contribution is -0.121. The first-order valence-corrected chi connectivity index (χ1v) is 6.55. The van der Waals surface area contributed by atoms with Gasteiger partial charge in [0.25, 0.3) is 0 Å². The van der Waals surface area contributed by atoms with E-state index in [4.69, 9.17) is 23.2 Å². The molecule has 0 unspecified atom stereocenters. The van der Waals surface area contributed by atoms with E-state index in [1.54, 1.807) is 0 Å². The molecule has 1 aromatic carbocycles. The molecule has 1 amide bonds. The highest BCUT2D eigenvalue weighted by molar-refractivity contribution is 6.22. The van der Waals surface area contributed by atoms with Gasteiger partial charge in [0.15, 0.2) is 0 Å². The van der Waals surface area contributed by atoms with E-state index in [1.165, 1.54) is 0 Å². The van der Waals surface area contributed by atoms with Crippen LogP contribution < -0.4 is 5.32 Å². The van der Waals surface area contributed by atoms with Crippen LogP contribution in [-0.4, -0.2) is 23.2 Å². The summed E-state index contributed by atoms with van der Waals surface area (Å²) in [5.41, 5.74) is 1.60. The molecule has 0 fully saturated rings. The summed E-state index contributed by atoms with van der Waals surface area (Å²) in [5.74, 6) is 0.551. The fourth-order valence-corrected chi connectivity index (χ4v) is 1.88. The SMILES string of the molecule is Cc1ccccc1CC(=O)NC(C)(CCl)CCl. The normalized spacial score (nSPS) is 11.3. The Kier molecular flexibility index (Phi) is 5.29. The smallest absolute Gasteiger partial charge is 0.224 e. The van der Waals surface area contributed by atoms with Crippen molar-refractivity contribution in [1.29, 1.82) is 0 Å². The molecule has 0 aromatic heterocycles. The van der Waals surface area contributed by atoms with Crippen molar-refractivity contribution in [3.05, 3.63) is 35.4 Å². The summed E-state index contributed by atoms with van der Waals surface area (Å²) in [6, 6.07) is 7.83. The number of carbonyl (C=O) groups is 1. The van der Waals surface area contributed by atoms with Gasteiger partial charge in [0.05, 0.1) is 12.0 Å². The molecule has 1 N–H and O–H groups in total. The number of alkyl halides is 2. The number of carbonyl (C=O) groups excluding carboxylic acids is 1. The molecule has 0 saturated carbocycles. The van der Waals surface area contributed by atoms with Gasteiger partial charge in [0, 0.05) is 11.8 Å². The van der Waals surface area contributed by atoms with E-state index in [9.17, 15) is 4.79 Å². The standard InChI is InChI=1S/C13H17Cl2NO/c1-10-5-3-4-6-11(10)7-12(17)16-13(2,8-14)9-15/h3-6H,7-9H2,1-2H3,(H,16,17). The molecular weight excluding hydrogens is 257 g/mol. The van der Waals surface area contributed by atoms with E-state index in [1.807, 2.05) is 38.1 Å². The molecule has 0 aliphatic heterocycles. The van der Waals surface area contributed by atoms with E-state index in [0.717, 1.165) is 11.1 Å². The highest BCUT2D eigenvalue weighted by Gasteiger charge is 2.24. The second-order valence-electron chi connectivity index (χ2n) is 4.48. The minimum atomic E-state index is -0.539. The molecule has 0 bridgehead atoms.